The lowest BCUT2D eigenvalue weighted by Crippen LogP contribution is -2.14. The second-order valence-corrected chi connectivity index (χ2v) is 4.63. The molecule has 0 fully saturated rings. The van der Waals surface area contributed by atoms with E-state index in [1.54, 1.807) is 0 Å². The van der Waals surface area contributed by atoms with Crippen LogP contribution in [0.4, 0.5) is 5.69 Å². The van der Waals surface area contributed by atoms with Gasteiger partial charge in [0.15, 0.2) is 0 Å². The number of rotatable bonds is 3. The van der Waals surface area contributed by atoms with Crippen molar-refractivity contribution in [2.45, 2.75) is 13.8 Å². The average Bonchev–Trinajstić information content (AvgIpc) is 2.21. The normalized spacial score (nSPS) is 11.0. The minimum absolute atomic E-state index is 0.687. The fraction of sp³-hybridized carbons (Fsp3) is 0.364. The molecule has 0 aliphatic carbocycles. The Labute approximate surface area is 104 Å². The number of hydrogen-bond acceptors (Lipinski definition) is 1. The van der Waals surface area contributed by atoms with E-state index >= 15 is 0 Å². The van der Waals surface area contributed by atoms with Gasteiger partial charge in [-0.15, -0.1) is 0 Å². The molecule has 0 heterocycles. The van der Waals surface area contributed by atoms with E-state index in [2.05, 4.69) is 27.8 Å². The molecule has 0 radical (unpaired) electrons. The van der Waals surface area contributed by atoms with Crippen molar-refractivity contribution in [1.82, 2.24) is 4.90 Å². The lowest BCUT2D eigenvalue weighted by atomic mass is 10.2. The maximum Gasteiger partial charge on any atom is 0.0909 e. The summed E-state index contributed by atoms with van der Waals surface area (Å²) in [6, 6.07) is 3.84. The van der Waals surface area contributed by atoms with Crippen molar-refractivity contribution in [3.05, 3.63) is 27.2 Å². The molecule has 1 rings (SSSR count). The van der Waals surface area contributed by atoms with Crippen molar-refractivity contribution in [1.29, 1.82) is 0 Å². The van der Waals surface area contributed by atoms with E-state index in [1.807, 2.05) is 37.3 Å². The molecule has 0 spiro atoms. The van der Waals surface area contributed by atoms with Gasteiger partial charge in [-0.25, -0.2) is 4.99 Å². The maximum atomic E-state index is 6.00. The van der Waals surface area contributed by atoms with Gasteiger partial charge in [0.25, 0.3) is 0 Å². The number of hydrogen-bond donors (Lipinski definition) is 0. The monoisotopic (exact) mass is 288 g/mol. The summed E-state index contributed by atoms with van der Waals surface area (Å²) in [5, 5.41) is 0.687. The molecular formula is C11H14BrClN2. The number of nitrogens with zero attached hydrogens (tertiary/aromatic N) is 2. The maximum absolute atomic E-state index is 6.00. The van der Waals surface area contributed by atoms with Crippen LogP contribution in [0.5, 0.6) is 0 Å². The van der Waals surface area contributed by atoms with Gasteiger partial charge in [-0.2, -0.15) is 0 Å². The minimum atomic E-state index is 0.687. The fourth-order valence-corrected chi connectivity index (χ4v) is 1.63. The van der Waals surface area contributed by atoms with Crippen LogP contribution in [0.3, 0.4) is 0 Å². The molecule has 4 heteroatoms. The number of aryl methyl sites for hydroxylation is 1. The Kier molecular flexibility index (Phi) is 4.61. The highest BCUT2D eigenvalue weighted by atomic mass is 79.9. The second-order valence-electron chi connectivity index (χ2n) is 3.37. The molecule has 2 nitrogen and oxygen atoms in total. The first kappa shape index (κ1) is 12.5. The third-order valence-electron chi connectivity index (χ3n) is 2.13. The van der Waals surface area contributed by atoms with Gasteiger partial charge < -0.3 is 4.90 Å². The molecule has 0 aliphatic heterocycles. The minimum Gasteiger partial charge on any atom is -0.366 e. The molecule has 1 aromatic rings. The van der Waals surface area contributed by atoms with Gasteiger partial charge in [0.05, 0.1) is 17.0 Å². The van der Waals surface area contributed by atoms with Crippen molar-refractivity contribution in [3.63, 3.8) is 0 Å². The summed E-state index contributed by atoms with van der Waals surface area (Å²) in [4.78, 5) is 6.38. The van der Waals surface area contributed by atoms with E-state index in [-0.39, 0.29) is 0 Å². The van der Waals surface area contributed by atoms with Crippen molar-refractivity contribution in [3.8, 4) is 0 Å². The summed E-state index contributed by atoms with van der Waals surface area (Å²) in [7, 11) is 1.99. The lowest BCUT2D eigenvalue weighted by molar-refractivity contribution is 0.552. The summed E-state index contributed by atoms with van der Waals surface area (Å²) in [5.41, 5.74) is 2.01. The molecule has 0 unspecified atom stereocenters. The Hall–Kier alpha value is -0.540. The first-order valence-corrected chi connectivity index (χ1v) is 5.91. The Morgan fingerprint density at radius 2 is 2.20 bits per heavy atom. The van der Waals surface area contributed by atoms with Gasteiger partial charge in [0.1, 0.15) is 0 Å². The third kappa shape index (κ3) is 3.50. The van der Waals surface area contributed by atoms with E-state index in [0.717, 1.165) is 22.3 Å². The Balaban J connectivity index is 2.95. The summed E-state index contributed by atoms with van der Waals surface area (Å²) < 4.78 is 0.907. The standard InChI is InChI=1S/C11H14BrClN2/c1-4-15(3)7-14-11-6-10(13)9(12)5-8(11)2/h5-7H,4H2,1-3H3. The predicted molar refractivity (Wildman–Crippen MR) is 70.3 cm³/mol. The molecular weight excluding hydrogens is 275 g/mol. The molecule has 1 aromatic carbocycles. The van der Waals surface area contributed by atoms with Crippen LogP contribution in [0.1, 0.15) is 12.5 Å². The van der Waals surface area contributed by atoms with Crippen LogP contribution >= 0.6 is 27.5 Å². The van der Waals surface area contributed by atoms with Gasteiger partial charge in [0, 0.05) is 18.1 Å². The molecule has 0 saturated heterocycles. The molecule has 0 bridgehead atoms. The molecule has 0 amide bonds. The molecule has 0 aliphatic rings. The van der Waals surface area contributed by atoms with Gasteiger partial charge in [-0.05, 0) is 47.5 Å². The van der Waals surface area contributed by atoms with Crippen molar-refractivity contribution >= 4 is 39.6 Å². The van der Waals surface area contributed by atoms with Gasteiger partial charge >= 0.3 is 0 Å². The van der Waals surface area contributed by atoms with Crippen LogP contribution in [0, 0.1) is 6.92 Å². The lowest BCUT2D eigenvalue weighted by Gasteiger charge is -2.09. The fourth-order valence-electron chi connectivity index (χ4n) is 1.02. The second kappa shape index (κ2) is 5.52. The summed E-state index contributed by atoms with van der Waals surface area (Å²) >= 11 is 9.38. The highest BCUT2D eigenvalue weighted by molar-refractivity contribution is 9.10. The van der Waals surface area contributed by atoms with Gasteiger partial charge in [0.2, 0.25) is 0 Å². The Morgan fingerprint density at radius 3 is 2.80 bits per heavy atom. The van der Waals surface area contributed by atoms with Crippen LogP contribution in [-0.4, -0.2) is 24.8 Å². The molecule has 0 saturated carbocycles. The van der Waals surface area contributed by atoms with E-state index in [1.165, 1.54) is 0 Å². The molecule has 0 N–H and O–H groups in total. The SMILES string of the molecule is CCN(C)C=Nc1cc(Cl)c(Br)cc1C. The molecule has 15 heavy (non-hydrogen) atoms. The molecule has 0 atom stereocenters. The first-order valence-electron chi connectivity index (χ1n) is 4.74. The smallest absolute Gasteiger partial charge is 0.0909 e. The number of benzene rings is 1. The van der Waals surface area contributed by atoms with Crippen LogP contribution in [0.15, 0.2) is 21.6 Å². The number of halogens is 2. The van der Waals surface area contributed by atoms with Gasteiger partial charge in [-0.1, -0.05) is 11.6 Å². The summed E-state index contributed by atoms with van der Waals surface area (Å²) in [6.45, 7) is 5.03. The Morgan fingerprint density at radius 1 is 1.53 bits per heavy atom. The van der Waals surface area contributed by atoms with E-state index in [9.17, 15) is 0 Å². The van der Waals surface area contributed by atoms with Crippen LogP contribution < -0.4 is 0 Å². The van der Waals surface area contributed by atoms with Crippen LogP contribution in [0.2, 0.25) is 5.02 Å². The zero-order valence-electron chi connectivity index (χ0n) is 9.09. The van der Waals surface area contributed by atoms with Crippen molar-refractivity contribution in [2.24, 2.45) is 4.99 Å². The molecule has 0 aromatic heterocycles. The summed E-state index contributed by atoms with van der Waals surface area (Å²) in [5.74, 6) is 0. The first-order chi connectivity index (χ1) is 7.04. The van der Waals surface area contributed by atoms with Crippen molar-refractivity contribution < 1.29 is 0 Å². The Bertz CT molecular complexity index is 377. The van der Waals surface area contributed by atoms with E-state index < -0.39 is 0 Å². The molecule has 82 valence electrons. The van der Waals surface area contributed by atoms with E-state index in [4.69, 9.17) is 11.6 Å². The number of aliphatic imine (C=N–C) groups is 1. The largest absolute Gasteiger partial charge is 0.366 e. The zero-order valence-corrected chi connectivity index (χ0v) is 11.4. The average molecular weight is 290 g/mol. The summed E-state index contributed by atoms with van der Waals surface area (Å²) in [6.07, 6.45) is 1.81. The quantitative estimate of drug-likeness (QED) is 0.606. The van der Waals surface area contributed by atoms with Gasteiger partial charge in [-0.3, -0.25) is 0 Å². The zero-order chi connectivity index (χ0) is 11.4. The topological polar surface area (TPSA) is 15.6 Å². The third-order valence-corrected chi connectivity index (χ3v) is 3.33. The predicted octanol–water partition coefficient (Wildman–Crippen LogP) is 4.02. The van der Waals surface area contributed by atoms with E-state index in [0.29, 0.717) is 5.02 Å². The van der Waals surface area contributed by atoms with Crippen LogP contribution in [0.25, 0.3) is 0 Å². The highest BCUT2D eigenvalue weighted by Gasteiger charge is 2.02. The van der Waals surface area contributed by atoms with Crippen LogP contribution in [-0.2, 0) is 0 Å². The highest BCUT2D eigenvalue weighted by Crippen LogP contribution is 2.30. The van der Waals surface area contributed by atoms with Crippen molar-refractivity contribution in [2.75, 3.05) is 13.6 Å².